The molecule has 0 aliphatic carbocycles. The van der Waals surface area contributed by atoms with Gasteiger partial charge in [-0.3, -0.25) is 4.79 Å². The Morgan fingerprint density at radius 3 is 2.45 bits per heavy atom. The van der Waals surface area contributed by atoms with Crippen molar-refractivity contribution in [2.45, 2.75) is 32.7 Å². The lowest BCUT2D eigenvalue weighted by Gasteiger charge is -2.20. The summed E-state index contributed by atoms with van der Waals surface area (Å²) in [4.78, 5) is 10.6. The first-order valence-electron chi connectivity index (χ1n) is 4.07. The first-order valence-corrected chi connectivity index (χ1v) is 4.07. The average molecular weight is 158 g/mol. The van der Waals surface area contributed by atoms with Gasteiger partial charge < -0.3 is 11.1 Å². The van der Waals surface area contributed by atoms with Crippen LogP contribution < -0.4 is 11.1 Å². The summed E-state index contributed by atoms with van der Waals surface area (Å²) in [6, 6.07) is 0.234. The molecule has 0 aromatic rings. The Kier molecular flexibility index (Phi) is 4.86. The maximum Gasteiger partial charge on any atom is 0.218 e. The second-order valence-electron chi connectivity index (χ2n) is 2.95. The number of nitrogens with one attached hydrogen (secondary N) is 1. The Bertz CT molecular complexity index is 125. The van der Waals surface area contributed by atoms with Gasteiger partial charge in [0.2, 0.25) is 5.91 Å². The molecule has 0 aliphatic heterocycles. The van der Waals surface area contributed by atoms with Crippen LogP contribution in [-0.2, 0) is 4.79 Å². The number of carbonyl (C=O) groups excluding carboxylic acids is 1. The van der Waals surface area contributed by atoms with Gasteiger partial charge in [-0.15, -0.1) is 0 Å². The highest BCUT2D eigenvalue weighted by Crippen LogP contribution is 2.09. The van der Waals surface area contributed by atoms with Crippen molar-refractivity contribution in [3.05, 3.63) is 0 Å². The van der Waals surface area contributed by atoms with Gasteiger partial charge in [-0.1, -0.05) is 20.3 Å². The van der Waals surface area contributed by atoms with Crippen molar-refractivity contribution in [1.29, 1.82) is 0 Å². The summed E-state index contributed by atoms with van der Waals surface area (Å²) in [5.41, 5.74) is 5.08. The molecule has 2 unspecified atom stereocenters. The lowest BCUT2D eigenvalue weighted by atomic mass is 9.96. The summed E-state index contributed by atoms with van der Waals surface area (Å²) >= 11 is 0. The Morgan fingerprint density at radius 1 is 1.64 bits per heavy atom. The van der Waals surface area contributed by atoms with Crippen molar-refractivity contribution in [2.24, 2.45) is 11.7 Å². The lowest BCUT2D eigenvalue weighted by Crippen LogP contribution is -2.35. The molecule has 0 aromatic heterocycles. The largest absolute Gasteiger partial charge is 0.370 e. The smallest absolute Gasteiger partial charge is 0.218 e. The van der Waals surface area contributed by atoms with E-state index >= 15 is 0 Å². The van der Waals surface area contributed by atoms with Crippen molar-refractivity contribution >= 4 is 5.91 Å². The summed E-state index contributed by atoms with van der Waals surface area (Å²) in [5.74, 6) is 0.275. The molecule has 0 bridgehead atoms. The number of carbonyl (C=O) groups is 1. The molecule has 0 radical (unpaired) electrons. The molecule has 0 saturated heterocycles. The molecule has 66 valence electrons. The molecule has 1 amide bonds. The summed E-state index contributed by atoms with van der Waals surface area (Å²) < 4.78 is 0. The van der Waals surface area contributed by atoms with Crippen LogP contribution >= 0.6 is 0 Å². The van der Waals surface area contributed by atoms with Gasteiger partial charge in [0.05, 0.1) is 0 Å². The second-order valence-corrected chi connectivity index (χ2v) is 2.95. The van der Waals surface area contributed by atoms with Gasteiger partial charge in [0.15, 0.2) is 0 Å². The third-order valence-electron chi connectivity index (χ3n) is 2.12. The van der Waals surface area contributed by atoms with E-state index in [-0.39, 0.29) is 11.9 Å². The zero-order valence-electron chi connectivity index (χ0n) is 7.55. The summed E-state index contributed by atoms with van der Waals surface area (Å²) in [7, 11) is 1.86. The van der Waals surface area contributed by atoms with Gasteiger partial charge in [-0.05, 0) is 13.0 Å². The fourth-order valence-corrected chi connectivity index (χ4v) is 1.09. The van der Waals surface area contributed by atoms with E-state index in [2.05, 4.69) is 19.2 Å². The van der Waals surface area contributed by atoms with E-state index in [1.54, 1.807) is 0 Å². The Hall–Kier alpha value is -0.570. The highest BCUT2D eigenvalue weighted by molar-refractivity contribution is 5.74. The molecular weight excluding hydrogens is 140 g/mol. The van der Waals surface area contributed by atoms with Crippen LogP contribution in [0.15, 0.2) is 0 Å². The van der Waals surface area contributed by atoms with Gasteiger partial charge in [0.25, 0.3) is 0 Å². The maximum atomic E-state index is 10.6. The molecule has 0 heterocycles. The van der Waals surface area contributed by atoms with E-state index in [1.165, 1.54) is 0 Å². The fraction of sp³-hybridized carbons (Fsp3) is 0.875. The molecule has 0 fully saturated rings. The fourth-order valence-electron chi connectivity index (χ4n) is 1.09. The highest BCUT2D eigenvalue weighted by Gasteiger charge is 2.15. The first-order chi connectivity index (χ1) is 5.11. The van der Waals surface area contributed by atoms with Gasteiger partial charge in [0.1, 0.15) is 0 Å². The van der Waals surface area contributed by atoms with Gasteiger partial charge in [0, 0.05) is 12.5 Å². The monoisotopic (exact) mass is 158 g/mol. The zero-order chi connectivity index (χ0) is 8.85. The Morgan fingerprint density at radius 2 is 2.18 bits per heavy atom. The van der Waals surface area contributed by atoms with Gasteiger partial charge in [-0.25, -0.2) is 0 Å². The van der Waals surface area contributed by atoms with Crippen molar-refractivity contribution in [3.63, 3.8) is 0 Å². The summed E-state index contributed by atoms with van der Waals surface area (Å²) in [6.07, 6.45) is 1.50. The summed E-state index contributed by atoms with van der Waals surface area (Å²) in [5, 5.41) is 3.08. The van der Waals surface area contributed by atoms with Gasteiger partial charge in [-0.2, -0.15) is 0 Å². The van der Waals surface area contributed by atoms with Gasteiger partial charge >= 0.3 is 0 Å². The van der Waals surface area contributed by atoms with Crippen LogP contribution in [0.1, 0.15) is 26.7 Å². The molecule has 0 aliphatic rings. The predicted octanol–water partition coefficient (Wildman–Crippen LogP) is 0.496. The standard InChI is InChI=1S/C8H18N2O/c1-4-6(2)7(10-3)5-8(9)11/h6-7,10H,4-5H2,1-3H3,(H2,9,11). The number of nitrogens with two attached hydrogens (primary N) is 1. The van der Waals surface area contributed by atoms with Crippen molar-refractivity contribution in [1.82, 2.24) is 5.32 Å². The minimum absolute atomic E-state index is 0.232. The summed E-state index contributed by atoms with van der Waals surface area (Å²) in [6.45, 7) is 4.22. The SMILES string of the molecule is CCC(C)C(CC(N)=O)NC. The van der Waals surface area contributed by atoms with Crippen LogP contribution in [0.2, 0.25) is 0 Å². The Balaban J connectivity index is 3.84. The molecular formula is C8H18N2O. The normalized spacial score (nSPS) is 15.9. The number of hydrogen-bond acceptors (Lipinski definition) is 2. The quantitative estimate of drug-likeness (QED) is 0.612. The molecule has 0 spiro atoms. The van der Waals surface area contributed by atoms with Crippen LogP contribution in [0.3, 0.4) is 0 Å². The molecule has 11 heavy (non-hydrogen) atoms. The molecule has 2 atom stereocenters. The number of rotatable bonds is 5. The van der Waals surface area contributed by atoms with Crippen LogP contribution in [0.5, 0.6) is 0 Å². The maximum absolute atomic E-state index is 10.6. The molecule has 0 rings (SSSR count). The van der Waals surface area contributed by atoms with Crippen LogP contribution in [0, 0.1) is 5.92 Å². The van der Waals surface area contributed by atoms with E-state index in [9.17, 15) is 4.79 Å². The number of hydrogen-bond donors (Lipinski definition) is 2. The van der Waals surface area contributed by atoms with Crippen molar-refractivity contribution < 1.29 is 4.79 Å². The molecule has 3 N–H and O–H groups in total. The van der Waals surface area contributed by atoms with Crippen molar-refractivity contribution in [2.75, 3.05) is 7.05 Å². The average Bonchev–Trinajstić information content (AvgIpc) is 1.98. The van der Waals surface area contributed by atoms with Crippen LogP contribution in [0.25, 0.3) is 0 Å². The highest BCUT2D eigenvalue weighted by atomic mass is 16.1. The minimum atomic E-state index is -0.232. The van der Waals surface area contributed by atoms with Crippen LogP contribution in [0.4, 0.5) is 0 Å². The molecule has 0 aromatic carbocycles. The second kappa shape index (κ2) is 5.13. The molecule has 3 nitrogen and oxygen atoms in total. The lowest BCUT2D eigenvalue weighted by molar-refractivity contribution is -0.118. The van der Waals surface area contributed by atoms with E-state index < -0.39 is 0 Å². The molecule has 0 saturated carbocycles. The van der Waals surface area contributed by atoms with Crippen LogP contribution in [-0.4, -0.2) is 19.0 Å². The van der Waals surface area contributed by atoms with E-state index in [1.807, 2.05) is 7.05 Å². The topological polar surface area (TPSA) is 55.1 Å². The molecule has 3 heteroatoms. The van der Waals surface area contributed by atoms with Crippen molar-refractivity contribution in [3.8, 4) is 0 Å². The Labute approximate surface area is 68.3 Å². The minimum Gasteiger partial charge on any atom is -0.370 e. The predicted molar refractivity (Wildman–Crippen MR) is 46.1 cm³/mol. The zero-order valence-corrected chi connectivity index (χ0v) is 7.55. The van der Waals surface area contributed by atoms with E-state index in [0.29, 0.717) is 12.3 Å². The number of primary amides is 1. The third-order valence-corrected chi connectivity index (χ3v) is 2.12. The first kappa shape index (κ1) is 10.4. The third kappa shape index (κ3) is 3.98. The van der Waals surface area contributed by atoms with E-state index in [4.69, 9.17) is 5.73 Å². The van der Waals surface area contributed by atoms with E-state index in [0.717, 1.165) is 6.42 Å². The number of amides is 1.